The fraction of sp³-hybridized carbons (Fsp3) is 0. The van der Waals surface area contributed by atoms with Crippen LogP contribution < -0.4 is 0 Å². The van der Waals surface area contributed by atoms with Gasteiger partial charge in [0.1, 0.15) is 0 Å². The second kappa shape index (κ2) is 541. The molecule has 0 rings (SSSR count). The van der Waals surface area contributed by atoms with E-state index in [1.54, 1.807) is 0 Å². The Morgan fingerprint density at radius 3 is 0.308 bits per heavy atom. The molecule has 0 saturated carbocycles. The van der Waals surface area contributed by atoms with Crippen LogP contribution in [0.25, 0.3) is 0 Å². The number of nitrogens with zero attached hydrogens (tertiary/aromatic N) is 8. The maximum absolute atomic E-state index is 8.00. The first-order chi connectivity index (χ1) is 11.3. The molecule has 144 valence electrons. The minimum Gasteiger partial charge on any atom is -0.444 e. The van der Waals surface area contributed by atoms with E-state index in [1.165, 1.54) is 0 Å². The largest absolute Gasteiger partial charge is 4.00 e. The van der Waals surface area contributed by atoms with Crippen molar-refractivity contribution in [2.24, 2.45) is 42.7 Å². The third-order valence-corrected chi connectivity index (χ3v) is 0. The molecule has 0 aromatic heterocycles. The normalized spacial score (nSPS) is 3.69. The topological polar surface area (TPSA) is 420 Å². The zero-order valence-electron chi connectivity index (χ0n) is 11.1. The first-order valence-corrected chi connectivity index (χ1v) is 2.92. The number of hydrogen-bond acceptors (Lipinski definition) is 24. The van der Waals surface area contributed by atoms with Gasteiger partial charge in [-0.1, -0.05) is 0 Å². The molecular weight excluding hydrogens is 428 g/mol. The van der Waals surface area contributed by atoms with Gasteiger partial charge in [-0.05, 0) is 0 Å². The van der Waals surface area contributed by atoms with Crippen LogP contribution in [0, 0.1) is 88.3 Å². The van der Waals surface area contributed by atoms with Crippen LogP contribution >= 0.6 is 0 Å². The summed E-state index contributed by atoms with van der Waals surface area (Å²) in [5.41, 5.74) is 0. The van der Waals surface area contributed by atoms with Crippen LogP contribution in [0.1, 0.15) is 0 Å². The van der Waals surface area contributed by atoms with E-state index in [0.717, 1.165) is 42.7 Å². The van der Waals surface area contributed by atoms with Crippen molar-refractivity contribution >= 4 is 0 Å². The summed E-state index contributed by atoms with van der Waals surface area (Å²) in [5.74, 6) is 0. The molecule has 0 unspecified atom stereocenters. The summed E-state index contributed by atoms with van der Waals surface area (Å²) in [5, 5.41) is 72.0. The standard InChI is InChI=1S/C.8HNO2.Ti/c;8*2-1-3;/h;8*(H,2,3);/q+4;;;;;;;;;+4/p-8. The quantitative estimate of drug-likeness (QED) is 0.302. The Hall–Kier alpha value is -4.09. The van der Waals surface area contributed by atoms with Gasteiger partial charge in [0.2, 0.25) is 0 Å². The van der Waals surface area contributed by atoms with E-state index in [1.807, 2.05) is 0 Å². The Kier molecular flexibility index (Phi) is 1410. The van der Waals surface area contributed by atoms with E-state index in [4.69, 9.17) is 80.9 Å². The van der Waals surface area contributed by atoms with Gasteiger partial charge in [-0.15, -0.1) is 42.7 Å². The van der Waals surface area contributed by atoms with Crippen molar-refractivity contribution < 1.29 is 21.7 Å². The summed E-state index contributed by atoms with van der Waals surface area (Å²) in [6.45, 7) is 0. The molecule has 0 atom stereocenters. The van der Waals surface area contributed by atoms with E-state index in [0.29, 0.717) is 0 Å². The van der Waals surface area contributed by atoms with Gasteiger partial charge >= 0.3 is 29.1 Å². The van der Waals surface area contributed by atoms with Crippen molar-refractivity contribution in [3.05, 3.63) is 88.3 Å². The van der Waals surface area contributed by atoms with Crippen molar-refractivity contribution in [3.63, 3.8) is 0 Å². The molecule has 0 radical (unpaired) electrons. The van der Waals surface area contributed by atoms with Crippen LogP contribution in [-0.2, 0) is 21.7 Å². The van der Waals surface area contributed by atoms with Crippen molar-refractivity contribution in [2.45, 2.75) is 0 Å². The predicted octanol–water partition coefficient (Wildman–Crippen LogP) is 2.08. The molecule has 0 fully saturated rings. The molecule has 0 aromatic carbocycles. The van der Waals surface area contributed by atoms with E-state index < -0.39 is 0 Å². The maximum Gasteiger partial charge on any atom is 4.00 e. The van der Waals surface area contributed by atoms with Gasteiger partial charge in [-0.2, -0.15) is 0 Å². The second-order valence-electron chi connectivity index (χ2n) is 0.596. The summed E-state index contributed by atoms with van der Waals surface area (Å²) in [6.07, 6.45) is 0. The Labute approximate surface area is 153 Å². The van der Waals surface area contributed by atoms with Crippen LogP contribution in [0.5, 0.6) is 0 Å². The summed E-state index contributed by atoms with van der Waals surface area (Å²) >= 11 is 0. The van der Waals surface area contributed by atoms with Crippen LogP contribution in [0.4, 0.5) is 0 Å². The summed E-state index contributed by atoms with van der Waals surface area (Å²) in [4.78, 5) is 64.0. The molecule has 0 N–H and O–H groups in total. The summed E-state index contributed by atoms with van der Waals surface area (Å²) in [6, 6.07) is 0. The van der Waals surface area contributed by atoms with Crippen molar-refractivity contribution in [1.29, 1.82) is 0 Å². The van der Waals surface area contributed by atoms with E-state index in [-0.39, 0.29) is 29.1 Å². The monoisotopic (exact) mass is 428 g/mol. The summed E-state index contributed by atoms with van der Waals surface area (Å²) in [7, 11) is 0. The smallest absolute Gasteiger partial charge is 0.444 e. The molecular formula is CN8O16Ti. The molecule has 0 aliphatic rings. The van der Waals surface area contributed by atoms with Crippen LogP contribution in [0.2, 0.25) is 0 Å². The van der Waals surface area contributed by atoms with Gasteiger partial charge in [-0.25, -0.2) is 0 Å². The Balaban J connectivity index is -0.0000000139. The third-order valence-electron chi connectivity index (χ3n) is 0. The van der Waals surface area contributed by atoms with Gasteiger partial charge in [0.05, 0.1) is 0 Å². The molecule has 0 aliphatic heterocycles. The minimum absolute atomic E-state index is 0. The number of rotatable bonds is 0. The maximum atomic E-state index is 8.00. The molecule has 0 spiro atoms. The molecule has 0 aliphatic carbocycles. The fourth-order valence-electron chi connectivity index (χ4n) is 0. The van der Waals surface area contributed by atoms with Crippen LogP contribution in [0.3, 0.4) is 0 Å². The van der Waals surface area contributed by atoms with Crippen LogP contribution in [-0.4, -0.2) is 0 Å². The van der Waals surface area contributed by atoms with Crippen molar-refractivity contribution in [1.82, 2.24) is 0 Å². The van der Waals surface area contributed by atoms with E-state index in [2.05, 4.69) is 0 Å². The van der Waals surface area contributed by atoms with Crippen molar-refractivity contribution in [2.75, 3.05) is 0 Å². The average Bonchev–Trinajstić information content (AvgIpc) is 2.45. The molecule has 26 heavy (non-hydrogen) atoms. The van der Waals surface area contributed by atoms with E-state index >= 15 is 0 Å². The van der Waals surface area contributed by atoms with Gasteiger partial charge in [-0.3, -0.25) is 0 Å². The second-order valence-corrected chi connectivity index (χ2v) is 0.596. The first-order valence-electron chi connectivity index (χ1n) is 2.92. The van der Waals surface area contributed by atoms with Gasteiger partial charge in [0.25, 0.3) is 0 Å². The average molecular weight is 428 g/mol. The van der Waals surface area contributed by atoms with E-state index in [9.17, 15) is 0 Å². The SMILES string of the molecule is O=N[O-].O=N[O-].O=N[O-].O=N[O-].O=N[O-].O=N[O-].O=N[O-].O=N[O-].[C+4].[Ti+4]. The van der Waals surface area contributed by atoms with Gasteiger partial charge in [0, 0.05) is 0 Å². The molecule has 0 saturated heterocycles. The first kappa shape index (κ1) is 67.5. The zero-order chi connectivity index (χ0) is 21.7. The van der Waals surface area contributed by atoms with Crippen molar-refractivity contribution in [3.8, 4) is 0 Å². The zero-order valence-corrected chi connectivity index (χ0v) is 12.7. The fourth-order valence-corrected chi connectivity index (χ4v) is 0. The Bertz CT molecular complexity index is 166. The Morgan fingerprint density at radius 1 is 0.308 bits per heavy atom. The molecule has 25 heteroatoms. The van der Waals surface area contributed by atoms with Crippen LogP contribution in [0.15, 0.2) is 42.7 Å². The molecule has 24 nitrogen and oxygen atoms in total. The van der Waals surface area contributed by atoms with Gasteiger partial charge < -0.3 is 80.9 Å². The van der Waals surface area contributed by atoms with Gasteiger partial charge in [0.15, 0.2) is 0 Å². The Morgan fingerprint density at radius 2 is 0.308 bits per heavy atom. The molecule has 0 bridgehead atoms. The third kappa shape index (κ3) is 427. The molecule has 0 aromatic rings. The predicted molar refractivity (Wildman–Crippen MR) is 76.5 cm³/mol. The summed E-state index contributed by atoms with van der Waals surface area (Å²) < 4.78 is 0. The molecule has 0 heterocycles. The minimum atomic E-state index is 0. The number of hydrogen-bond donors (Lipinski definition) is 0. The molecule has 0 amide bonds.